The summed E-state index contributed by atoms with van der Waals surface area (Å²) in [6, 6.07) is 17.4. The number of urea groups is 1. The molecule has 0 aromatic heterocycles. The minimum Gasteiger partial charge on any atom is -0.367 e. The van der Waals surface area contributed by atoms with E-state index in [1.165, 1.54) is 0 Å². The summed E-state index contributed by atoms with van der Waals surface area (Å²) in [6.45, 7) is 1.58. The number of hydrogen-bond acceptors (Lipinski definition) is 2. The monoisotopic (exact) mass is 283 g/mol. The van der Waals surface area contributed by atoms with Crippen LogP contribution in [-0.4, -0.2) is 11.9 Å². The Labute approximate surface area is 123 Å². The van der Waals surface area contributed by atoms with Gasteiger partial charge in [0.25, 0.3) is 0 Å². The molecule has 0 aliphatic rings. The molecule has 0 saturated heterocycles. The fourth-order valence-corrected chi connectivity index (χ4v) is 1.96. The van der Waals surface area contributed by atoms with Crippen molar-refractivity contribution in [3.8, 4) is 0 Å². The zero-order valence-electron chi connectivity index (χ0n) is 11.7. The number of primary amides is 1. The number of carbonyl (C=O) groups is 2. The number of nitrogens with one attached hydrogen (secondary N) is 2. The number of rotatable bonds is 4. The third-order valence-corrected chi connectivity index (χ3v) is 3.24. The number of hydrogen-bond donors (Lipinski definition) is 3. The molecule has 2 rings (SSSR count). The average Bonchev–Trinajstić information content (AvgIpc) is 2.48. The summed E-state index contributed by atoms with van der Waals surface area (Å²) in [5, 5.41) is 5.30. The standard InChI is InChI=1S/C16H17N3O2/c1-16(14(17)20,12-8-4-2-5-9-12)19-15(21)18-13-10-6-3-7-11-13/h2-11H,1H3,(H2,17,20)(H2,18,19,21). The SMILES string of the molecule is CC(NC(=O)Nc1ccccc1)(C(N)=O)c1ccccc1. The van der Waals surface area contributed by atoms with E-state index in [4.69, 9.17) is 5.73 Å². The van der Waals surface area contributed by atoms with Gasteiger partial charge in [-0.15, -0.1) is 0 Å². The number of para-hydroxylation sites is 1. The van der Waals surface area contributed by atoms with Crippen LogP contribution in [0.15, 0.2) is 60.7 Å². The first-order chi connectivity index (χ1) is 10.0. The second-order valence-electron chi connectivity index (χ2n) is 4.80. The van der Waals surface area contributed by atoms with Gasteiger partial charge in [-0.2, -0.15) is 0 Å². The van der Waals surface area contributed by atoms with Crippen LogP contribution in [0.4, 0.5) is 10.5 Å². The van der Waals surface area contributed by atoms with Crippen molar-refractivity contribution in [2.45, 2.75) is 12.5 Å². The number of amides is 3. The summed E-state index contributed by atoms with van der Waals surface area (Å²) in [5.41, 5.74) is 5.45. The summed E-state index contributed by atoms with van der Waals surface area (Å²) in [7, 11) is 0. The van der Waals surface area contributed by atoms with E-state index in [0.717, 1.165) is 0 Å². The van der Waals surface area contributed by atoms with Crippen molar-refractivity contribution in [3.05, 3.63) is 66.2 Å². The first kappa shape index (κ1) is 14.6. The Morgan fingerprint density at radius 3 is 2.00 bits per heavy atom. The Morgan fingerprint density at radius 2 is 1.48 bits per heavy atom. The highest BCUT2D eigenvalue weighted by Gasteiger charge is 2.34. The lowest BCUT2D eigenvalue weighted by molar-refractivity contribution is -0.123. The van der Waals surface area contributed by atoms with E-state index in [1.54, 1.807) is 55.5 Å². The maximum absolute atomic E-state index is 12.1. The second-order valence-corrected chi connectivity index (χ2v) is 4.80. The van der Waals surface area contributed by atoms with Gasteiger partial charge in [-0.3, -0.25) is 4.79 Å². The molecule has 5 nitrogen and oxygen atoms in total. The third kappa shape index (κ3) is 3.39. The molecule has 108 valence electrons. The molecule has 0 fully saturated rings. The Kier molecular flexibility index (Phi) is 4.23. The molecule has 3 amide bonds. The van der Waals surface area contributed by atoms with Crippen LogP contribution in [0.2, 0.25) is 0 Å². The Morgan fingerprint density at radius 1 is 0.952 bits per heavy atom. The normalized spacial score (nSPS) is 13.0. The topological polar surface area (TPSA) is 84.2 Å². The van der Waals surface area contributed by atoms with Gasteiger partial charge in [-0.05, 0) is 24.6 Å². The number of benzene rings is 2. The lowest BCUT2D eigenvalue weighted by Gasteiger charge is -2.28. The fraction of sp³-hybridized carbons (Fsp3) is 0.125. The molecule has 0 heterocycles. The fourth-order valence-electron chi connectivity index (χ4n) is 1.96. The van der Waals surface area contributed by atoms with Crippen LogP contribution in [0, 0.1) is 0 Å². The summed E-state index contributed by atoms with van der Waals surface area (Å²) < 4.78 is 0. The Balaban J connectivity index is 2.17. The van der Waals surface area contributed by atoms with Crippen LogP contribution in [0.3, 0.4) is 0 Å². The molecule has 2 aromatic rings. The van der Waals surface area contributed by atoms with Crippen LogP contribution in [0.1, 0.15) is 12.5 Å². The number of carbonyl (C=O) groups excluding carboxylic acids is 2. The van der Waals surface area contributed by atoms with Crippen LogP contribution in [0.5, 0.6) is 0 Å². The first-order valence-corrected chi connectivity index (χ1v) is 6.52. The minimum atomic E-state index is -1.28. The van der Waals surface area contributed by atoms with Gasteiger partial charge in [0.2, 0.25) is 5.91 Å². The highest BCUT2D eigenvalue weighted by Crippen LogP contribution is 2.20. The largest absolute Gasteiger partial charge is 0.367 e. The molecule has 4 N–H and O–H groups in total. The quantitative estimate of drug-likeness (QED) is 0.803. The maximum atomic E-state index is 12.1. The van der Waals surface area contributed by atoms with Crippen LogP contribution in [-0.2, 0) is 10.3 Å². The highest BCUT2D eigenvalue weighted by atomic mass is 16.2. The maximum Gasteiger partial charge on any atom is 0.320 e. The van der Waals surface area contributed by atoms with Crippen LogP contribution < -0.4 is 16.4 Å². The van der Waals surface area contributed by atoms with Crippen molar-refractivity contribution in [1.29, 1.82) is 0 Å². The van der Waals surface area contributed by atoms with E-state index < -0.39 is 17.5 Å². The first-order valence-electron chi connectivity index (χ1n) is 6.52. The van der Waals surface area contributed by atoms with E-state index in [0.29, 0.717) is 11.3 Å². The van der Waals surface area contributed by atoms with Crippen molar-refractivity contribution in [2.75, 3.05) is 5.32 Å². The zero-order chi connectivity index (χ0) is 15.3. The predicted octanol–water partition coefficient (Wildman–Crippen LogP) is 2.21. The van der Waals surface area contributed by atoms with Gasteiger partial charge in [0.05, 0.1) is 0 Å². The van der Waals surface area contributed by atoms with Gasteiger partial charge in [0, 0.05) is 5.69 Å². The van der Waals surface area contributed by atoms with Crippen LogP contribution >= 0.6 is 0 Å². The van der Waals surface area contributed by atoms with Crippen molar-refractivity contribution in [3.63, 3.8) is 0 Å². The third-order valence-electron chi connectivity index (χ3n) is 3.24. The van der Waals surface area contributed by atoms with Gasteiger partial charge in [0.15, 0.2) is 0 Å². The molecule has 5 heteroatoms. The van der Waals surface area contributed by atoms with Gasteiger partial charge < -0.3 is 16.4 Å². The van der Waals surface area contributed by atoms with Crippen molar-refractivity contribution in [1.82, 2.24) is 5.32 Å². The van der Waals surface area contributed by atoms with Gasteiger partial charge in [-0.25, -0.2) is 4.79 Å². The average molecular weight is 283 g/mol. The Hall–Kier alpha value is -2.82. The minimum absolute atomic E-state index is 0.494. The van der Waals surface area contributed by atoms with E-state index in [9.17, 15) is 9.59 Å². The summed E-state index contributed by atoms with van der Waals surface area (Å²) in [5.74, 6) is -0.628. The lowest BCUT2D eigenvalue weighted by Crippen LogP contribution is -2.53. The molecule has 0 aliphatic carbocycles. The van der Waals surface area contributed by atoms with Crippen molar-refractivity contribution < 1.29 is 9.59 Å². The van der Waals surface area contributed by atoms with E-state index in [-0.39, 0.29) is 0 Å². The van der Waals surface area contributed by atoms with Crippen molar-refractivity contribution >= 4 is 17.6 Å². The van der Waals surface area contributed by atoms with Gasteiger partial charge >= 0.3 is 6.03 Å². The number of anilines is 1. The van der Waals surface area contributed by atoms with E-state index >= 15 is 0 Å². The predicted molar refractivity (Wildman–Crippen MR) is 81.6 cm³/mol. The molecule has 0 bridgehead atoms. The van der Waals surface area contributed by atoms with E-state index in [1.807, 2.05) is 12.1 Å². The second kappa shape index (κ2) is 6.09. The van der Waals surface area contributed by atoms with Crippen molar-refractivity contribution in [2.24, 2.45) is 5.73 Å². The summed E-state index contributed by atoms with van der Waals surface area (Å²) >= 11 is 0. The lowest BCUT2D eigenvalue weighted by atomic mass is 9.91. The number of nitrogens with two attached hydrogens (primary N) is 1. The molecule has 1 unspecified atom stereocenters. The highest BCUT2D eigenvalue weighted by molar-refractivity contribution is 5.95. The van der Waals surface area contributed by atoms with Gasteiger partial charge in [-0.1, -0.05) is 48.5 Å². The molecule has 0 spiro atoms. The molecule has 21 heavy (non-hydrogen) atoms. The molecule has 0 aliphatic heterocycles. The van der Waals surface area contributed by atoms with E-state index in [2.05, 4.69) is 10.6 Å². The zero-order valence-corrected chi connectivity index (χ0v) is 11.7. The molecule has 2 aromatic carbocycles. The molecule has 1 atom stereocenters. The summed E-state index contributed by atoms with van der Waals surface area (Å²) in [6.07, 6.45) is 0. The molecule has 0 radical (unpaired) electrons. The van der Waals surface area contributed by atoms with Gasteiger partial charge in [0.1, 0.15) is 5.54 Å². The van der Waals surface area contributed by atoms with Crippen LogP contribution in [0.25, 0.3) is 0 Å². The summed E-state index contributed by atoms with van der Waals surface area (Å²) in [4.78, 5) is 23.9. The molecular weight excluding hydrogens is 266 g/mol. The molecular formula is C16H17N3O2. The smallest absolute Gasteiger partial charge is 0.320 e. The Bertz CT molecular complexity index is 628. The molecule has 0 saturated carbocycles.